The maximum absolute atomic E-state index is 6.11. The standard InChI is InChI=1S/C14H23BrN2O/c1-11-13(12(2)17(3)16-11)18-10-14(9-15)7-5-4-6-8-14/h4-10H2,1-3H3. The summed E-state index contributed by atoms with van der Waals surface area (Å²) >= 11 is 3.68. The van der Waals surface area contributed by atoms with Gasteiger partial charge in [0, 0.05) is 17.8 Å². The number of ether oxygens (including phenoxy) is 1. The lowest BCUT2D eigenvalue weighted by Crippen LogP contribution is -2.32. The zero-order valence-electron chi connectivity index (χ0n) is 11.6. The number of alkyl halides is 1. The van der Waals surface area contributed by atoms with Gasteiger partial charge in [0.15, 0.2) is 5.75 Å². The van der Waals surface area contributed by atoms with Gasteiger partial charge in [0.25, 0.3) is 0 Å². The average molecular weight is 315 g/mol. The van der Waals surface area contributed by atoms with Gasteiger partial charge < -0.3 is 4.74 Å². The average Bonchev–Trinajstić information content (AvgIpc) is 2.62. The number of aryl methyl sites for hydroxylation is 2. The molecule has 1 aliphatic rings. The molecule has 0 N–H and O–H groups in total. The van der Waals surface area contributed by atoms with Crippen molar-refractivity contribution in [3.05, 3.63) is 11.4 Å². The zero-order valence-corrected chi connectivity index (χ0v) is 13.2. The van der Waals surface area contributed by atoms with Crippen molar-refractivity contribution >= 4 is 15.9 Å². The lowest BCUT2D eigenvalue weighted by Gasteiger charge is -2.35. The Balaban J connectivity index is 2.05. The van der Waals surface area contributed by atoms with Gasteiger partial charge in [0.05, 0.1) is 12.3 Å². The van der Waals surface area contributed by atoms with E-state index in [2.05, 4.69) is 28.0 Å². The molecule has 0 radical (unpaired) electrons. The minimum atomic E-state index is 0.326. The van der Waals surface area contributed by atoms with Gasteiger partial charge in [0.1, 0.15) is 5.69 Å². The molecule has 0 amide bonds. The Labute approximate surface area is 118 Å². The molecule has 1 fully saturated rings. The van der Waals surface area contributed by atoms with Crippen LogP contribution in [0.15, 0.2) is 0 Å². The van der Waals surface area contributed by atoms with Crippen molar-refractivity contribution in [1.29, 1.82) is 0 Å². The molecule has 0 unspecified atom stereocenters. The molecular formula is C14H23BrN2O. The number of hydrogen-bond acceptors (Lipinski definition) is 2. The van der Waals surface area contributed by atoms with Gasteiger partial charge in [-0.25, -0.2) is 0 Å². The fourth-order valence-corrected chi connectivity index (χ4v) is 3.53. The predicted octanol–water partition coefficient (Wildman–Crippen LogP) is 3.76. The van der Waals surface area contributed by atoms with Crippen LogP contribution in [0.5, 0.6) is 5.75 Å². The Morgan fingerprint density at radius 1 is 1.28 bits per heavy atom. The summed E-state index contributed by atoms with van der Waals surface area (Å²) in [6, 6.07) is 0. The molecule has 0 atom stereocenters. The second kappa shape index (κ2) is 5.64. The molecule has 1 saturated carbocycles. The van der Waals surface area contributed by atoms with Gasteiger partial charge in [-0.3, -0.25) is 4.68 Å². The van der Waals surface area contributed by atoms with Crippen LogP contribution in [0.4, 0.5) is 0 Å². The molecule has 0 aromatic carbocycles. The first kappa shape index (κ1) is 13.9. The maximum Gasteiger partial charge on any atom is 0.162 e. The number of aromatic nitrogens is 2. The lowest BCUT2D eigenvalue weighted by atomic mass is 9.76. The molecule has 2 rings (SSSR count). The molecule has 0 bridgehead atoms. The molecule has 1 aliphatic carbocycles. The fraction of sp³-hybridized carbons (Fsp3) is 0.786. The maximum atomic E-state index is 6.11. The van der Waals surface area contributed by atoms with Crippen molar-refractivity contribution in [2.24, 2.45) is 12.5 Å². The Bertz CT molecular complexity index is 408. The van der Waals surface area contributed by atoms with Gasteiger partial charge in [-0.1, -0.05) is 35.2 Å². The van der Waals surface area contributed by atoms with Crippen LogP contribution in [0.25, 0.3) is 0 Å². The van der Waals surface area contributed by atoms with Crippen LogP contribution in [0.1, 0.15) is 43.5 Å². The summed E-state index contributed by atoms with van der Waals surface area (Å²) in [7, 11) is 1.97. The highest BCUT2D eigenvalue weighted by Crippen LogP contribution is 2.38. The normalized spacial score (nSPS) is 18.9. The van der Waals surface area contributed by atoms with Crippen LogP contribution in [0.3, 0.4) is 0 Å². The van der Waals surface area contributed by atoms with Crippen molar-refractivity contribution in [1.82, 2.24) is 9.78 Å². The molecule has 0 spiro atoms. The SMILES string of the molecule is Cc1nn(C)c(C)c1OCC1(CBr)CCCCC1. The van der Waals surface area contributed by atoms with Crippen LogP contribution in [0, 0.1) is 19.3 Å². The van der Waals surface area contributed by atoms with E-state index in [-0.39, 0.29) is 0 Å². The van der Waals surface area contributed by atoms with E-state index in [9.17, 15) is 0 Å². The Hall–Kier alpha value is -0.510. The summed E-state index contributed by atoms with van der Waals surface area (Å²) in [5, 5.41) is 5.44. The first-order valence-corrected chi connectivity index (χ1v) is 7.89. The van der Waals surface area contributed by atoms with Gasteiger partial charge in [0.2, 0.25) is 0 Å². The van der Waals surface area contributed by atoms with Crippen molar-refractivity contribution < 1.29 is 4.74 Å². The van der Waals surface area contributed by atoms with Gasteiger partial charge >= 0.3 is 0 Å². The molecule has 0 aliphatic heterocycles. The molecule has 102 valence electrons. The molecule has 1 aromatic rings. The summed E-state index contributed by atoms with van der Waals surface area (Å²) in [6.07, 6.45) is 6.59. The van der Waals surface area contributed by atoms with Crippen LogP contribution >= 0.6 is 15.9 Å². The molecule has 1 aromatic heterocycles. The van der Waals surface area contributed by atoms with Crippen LogP contribution in [-0.4, -0.2) is 21.7 Å². The zero-order chi connectivity index (χ0) is 13.2. The first-order chi connectivity index (χ1) is 8.58. The van der Waals surface area contributed by atoms with Gasteiger partial charge in [-0.05, 0) is 26.7 Å². The minimum Gasteiger partial charge on any atom is -0.489 e. The highest BCUT2D eigenvalue weighted by molar-refractivity contribution is 9.09. The minimum absolute atomic E-state index is 0.326. The monoisotopic (exact) mass is 314 g/mol. The molecule has 18 heavy (non-hydrogen) atoms. The number of hydrogen-bond donors (Lipinski definition) is 0. The number of nitrogens with zero attached hydrogens (tertiary/aromatic N) is 2. The van der Waals surface area contributed by atoms with Crippen LogP contribution in [0.2, 0.25) is 0 Å². The predicted molar refractivity (Wildman–Crippen MR) is 77.5 cm³/mol. The second-order valence-corrected chi connectivity index (χ2v) is 6.17. The third-order valence-corrected chi connectivity index (χ3v) is 5.35. The van der Waals surface area contributed by atoms with Crippen molar-refractivity contribution in [3.8, 4) is 5.75 Å². The van der Waals surface area contributed by atoms with Gasteiger partial charge in [-0.2, -0.15) is 5.10 Å². The van der Waals surface area contributed by atoms with E-state index in [0.29, 0.717) is 5.41 Å². The van der Waals surface area contributed by atoms with Gasteiger partial charge in [-0.15, -0.1) is 0 Å². The van der Waals surface area contributed by atoms with E-state index in [1.807, 2.05) is 18.7 Å². The smallest absolute Gasteiger partial charge is 0.162 e. The highest BCUT2D eigenvalue weighted by atomic mass is 79.9. The summed E-state index contributed by atoms with van der Waals surface area (Å²) in [5.41, 5.74) is 2.44. The fourth-order valence-electron chi connectivity index (χ4n) is 2.81. The summed E-state index contributed by atoms with van der Waals surface area (Å²) < 4.78 is 8.00. The van der Waals surface area contributed by atoms with Crippen LogP contribution < -0.4 is 4.74 Å². The summed E-state index contributed by atoms with van der Waals surface area (Å²) in [4.78, 5) is 0. The van der Waals surface area contributed by atoms with E-state index in [1.54, 1.807) is 0 Å². The summed E-state index contributed by atoms with van der Waals surface area (Å²) in [5.74, 6) is 0.975. The topological polar surface area (TPSA) is 27.1 Å². The van der Waals surface area contributed by atoms with Crippen molar-refractivity contribution in [2.75, 3.05) is 11.9 Å². The largest absolute Gasteiger partial charge is 0.489 e. The van der Waals surface area contributed by atoms with E-state index < -0.39 is 0 Å². The van der Waals surface area contributed by atoms with E-state index in [4.69, 9.17) is 4.74 Å². The van der Waals surface area contributed by atoms with E-state index in [1.165, 1.54) is 32.1 Å². The Morgan fingerprint density at radius 3 is 2.44 bits per heavy atom. The van der Waals surface area contributed by atoms with Crippen LogP contribution in [-0.2, 0) is 7.05 Å². The third kappa shape index (κ3) is 2.73. The number of halogens is 1. The Morgan fingerprint density at radius 2 is 1.94 bits per heavy atom. The highest BCUT2D eigenvalue weighted by Gasteiger charge is 2.32. The van der Waals surface area contributed by atoms with Crippen molar-refractivity contribution in [2.45, 2.75) is 46.0 Å². The molecule has 1 heterocycles. The molecule has 0 saturated heterocycles. The molecule has 3 nitrogen and oxygen atoms in total. The molecular weight excluding hydrogens is 292 g/mol. The second-order valence-electron chi connectivity index (χ2n) is 5.61. The lowest BCUT2D eigenvalue weighted by molar-refractivity contribution is 0.121. The van der Waals surface area contributed by atoms with E-state index in [0.717, 1.165) is 29.1 Å². The Kier molecular flexibility index (Phi) is 4.36. The molecule has 4 heteroatoms. The van der Waals surface area contributed by atoms with Crippen molar-refractivity contribution in [3.63, 3.8) is 0 Å². The third-order valence-electron chi connectivity index (χ3n) is 4.16. The quantitative estimate of drug-likeness (QED) is 0.791. The number of rotatable bonds is 4. The van der Waals surface area contributed by atoms with E-state index >= 15 is 0 Å². The summed E-state index contributed by atoms with van der Waals surface area (Å²) in [6.45, 7) is 4.90. The first-order valence-electron chi connectivity index (χ1n) is 6.77.